The third kappa shape index (κ3) is 14.3. The van der Waals surface area contributed by atoms with Crippen LogP contribution in [0.3, 0.4) is 0 Å². The van der Waals surface area contributed by atoms with Gasteiger partial charge in [0.1, 0.15) is 13.2 Å². The van der Waals surface area contributed by atoms with Gasteiger partial charge in [0.2, 0.25) is 0 Å². The van der Waals surface area contributed by atoms with E-state index < -0.39 is 8.25 Å². The van der Waals surface area contributed by atoms with Crippen molar-refractivity contribution in [2.75, 3.05) is 34.3 Å². The molecule has 0 aromatic heterocycles. The molecule has 0 aromatic carbocycles. The summed E-state index contributed by atoms with van der Waals surface area (Å²) in [6, 6.07) is 0. The van der Waals surface area contributed by atoms with E-state index in [0.717, 1.165) is 11.0 Å². The molecule has 0 spiro atoms. The van der Waals surface area contributed by atoms with Gasteiger partial charge >= 0.3 is 8.25 Å². The molecule has 0 rings (SSSR count). The van der Waals surface area contributed by atoms with Crippen molar-refractivity contribution in [1.82, 2.24) is 0 Å². The van der Waals surface area contributed by atoms with Crippen molar-refractivity contribution in [3.05, 3.63) is 0 Å². The predicted octanol–water partition coefficient (Wildman–Crippen LogP) is 0.0912. The molecule has 0 amide bonds. The van der Waals surface area contributed by atoms with Crippen LogP contribution in [0.5, 0.6) is 0 Å². The molecule has 0 aromatic rings. The average Bonchev–Trinajstić information content (AvgIpc) is 1.59. The van der Waals surface area contributed by atoms with Crippen LogP contribution in [0, 0.1) is 39.9 Å². The first-order chi connectivity index (χ1) is 4.42. The van der Waals surface area contributed by atoms with Crippen molar-refractivity contribution in [3.63, 3.8) is 0 Å². The fraction of sp³-hybridized carbons (Fsp3) is 1.00. The molecule has 0 aliphatic rings. The molecule has 0 saturated heterocycles. The summed E-state index contributed by atoms with van der Waals surface area (Å²) in [6.45, 7) is 1.09. The Bertz CT molecular complexity index is 125. The van der Waals surface area contributed by atoms with Gasteiger partial charge in [0, 0.05) is 39.9 Å². The van der Waals surface area contributed by atoms with Crippen LogP contribution < -0.4 is 0 Å². The van der Waals surface area contributed by atoms with E-state index in [-0.39, 0.29) is 39.9 Å². The quantitative estimate of drug-likeness (QED) is 0.589. The van der Waals surface area contributed by atoms with Crippen molar-refractivity contribution in [2.24, 2.45) is 0 Å². The maximum Gasteiger partial charge on any atom is 0.316 e. The monoisotopic (exact) mass is 326 g/mol. The van der Waals surface area contributed by atoms with Gasteiger partial charge in [-0.05, 0) is 0 Å². The van der Waals surface area contributed by atoms with Crippen LogP contribution in [-0.2, 0) is 9.09 Å². The van der Waals surface area contributed by atoms with Gasteiger partial charge in [-0.1, -0.05) is 0 Å². The van der Waals surface area contributed by atoms with E-state index in [1.54, 1.807) is 0 Å². The molecule has 1 N–H and O–H groups in total. The summed E-state index contributed by atoms with van der Waals surface area (Å²) in [4.78, 5) is 8.27. The zero-order chi connectivity index (χ0) is 8.20. The number of nitrogens with zero attached hydrogens (tertiary/aromatic N) is 1. The van der Waals surface area contributed by atoms with E-state index in [4.69, 9.17) is 4.89 Å². The molecule has 0 aliphatic heterocycles. The zero-order valence-corrected chi connectivity index (χ0v) is 10.2. The van der Waals surface area contributed by atoms with Gasteiger partial charge < -0.3 is 13.9 Å². The minimum atomic E-state index is -2.72. The number of hydrogen-bond acceptors (Lipinski definition) is 2. The molecule has 70 valence electrons. The molecule has 4 nitrogen and oxygen atoms in total. The Morgan fingerprint density at radius 3 is 2.18 bits per heavy atom. The Balaban J connectivity index is 0. The summed E-state index contributed by atoms with van der Waals surface area (Å²) in [7, 11) is 3.28. The summed E-state index contributed by atoms with van der Waals surface area (Å²) in [5.74, 6) is 0. The minimum absolute atomic E-state index is 0. The van der Waals surface area contributed by atoms with Gasteiger partial charge in [0.25, 0.3) is 0 Å². The molecule has 0 heterocycles. The first-order valence-corrected chi connectivity index (χ1v) is 4.34. The van der Waals surface area contributed by atoms with Gasteiger partial charge in [0.05, 0.1) is 21.1 Å². The van der Waals surface area contributed by atoms with Crippen molar-refractivity contribution in [3.8, 4) is 0 Å². The first-order valence-electron chi connectivity index (χ1n) is 3.08. The first kappa shape index (κ1) is 14.9. The van der Waals surface area contributed by atoms with Crippen molar-refractivity contribution >= 4 is 8.25 Å². The van der Waals surface area contributed by atoms with E-state index >= 15 is 0 Å². The Kier molecular flexibility index (Phi) is 9.36. The van der Waals surface area contributed by atoms with Gasteiger partial charge in [-0.3, -0.25) is 4.57 Å². The van der Waals surface area contributed by atoms with Crippen LogP contribution in [-0.4, -0.2) is 43.7 Å². The molecule has 1 atom stereocenters. The molecule has 0 bridgehead atoms. The van der Waals surface area contributed by atoms with Crippen molar-refractivity contribution < 1.29 is 58.4 Å². The Labute approximate surface area is 100 Å². The maximum absolute atomic E-state index is 10.0. The molecule has 0 saturated carbocycles. The number of likely N-dealkylation sites (N-methyl/N-ethyl adjacent to an activating group) is 1. The minimum Gasteiger partial charge on any atom is -0.329 e. The summed E-state index contributed by atoms with van der Waals surface area (Å²) < 4.78 is 15.3. The average molecular weight is 325 g/mol. The third-order valence-electron chi connectivity index (χ3n) is 0.988. The number of quaternary nitrogens is 1. The van der Waals surface area contributed by atoms with Crippen LogP contribution in [0.15, 0.2) is 0 Å². The largest absolute Gasteiger partial charge is 0.329 e. The molecular formula is C5H15GdNO3P+. The topological polar surface area (TPSA) is 46.5 Å². The summed E-state index contributed by atoms with van der Waals surface area (Å²) in [6.07, 6.45) is 0. The zero-order valence-electron chi connectivity index (χ0n) is 6.98. The summed E-state index contributed by atoms with van der Waals surface area (Å²) in [5, 5.41) is 0. The van der Waals surface area contributed by atoms with Crippen LogP contribution in [0.25, 0.3) is 0 Å². The van der Waals surface area contributed by atoms with Gasteiger partial charge in [-0.15, -0.1) is 0 Å². The molecule has 0 radical (unpaired) electrons. The molecular weight excluding hydrogens is 310 g/mol. The van der Waals surface area contributed by atoms with Crippen molar-refractivity contribution in [2.45, 2.75) is 0 Å². The molecule has 0 aliphatic carbocycles. The fourth-order valence-electron chi connectivity index (χ4n) is 0.407. The second kappa shape index (κ2) is 6.90. The predicted molar refractivity (Wildman–Crippen MR) is 40.1 cm³/mol. The van der Waals surface area contributed by atoms with Crippen LogP contribution in [0.4, 0.5) is 0 Å². The molecule has 1 unspecified atom stereocenters. The Hall–Kier alpha value is 1.43. The normalized spacial score (nSPS) is 13.8. The van der Waals surface area contributed by atoms with E-state index in [1.165, 1.54) is 0 Å². The van der Waals surface area contributed by atoms with Crippen LogP contribution in [0.1, 0.15) is 0 Å². The standard InChI is InChI=1S/C5H14NO3P.Gd/c1-6(2,3)4-5-9-10(7)8;/h10H,4-5H2,1-3H3;/p+1. The van der Waals surface area contributed by atoms with Gasteiger partial charge in [-0.25, -0.2) is 0 Å². The van der Waals surface area contributed by atoms with E-state index in [0.29, 0.717) is 6.61 Å². The number of hydrogen-bond donors (Lipinski definition) is 1. The van der Waals surface area contributed by atoms with Gasteiger partial charge in [0.15, 0.2) is 0 Å². The second-order valence-electron chi connectivity index (χ2n) is 3.13. The SMILES string of the molecule is C[N+](C)(C)CCO[PH](=O)O.[Gd]. The fourth-order valence-corrected chi connectivity index (χ4v) is 0.673. The molecule has 0 fully saturated rings. The second-order valence-corrected chi connectivity index (χ2v) is 3.95. The Morgan fingerprint density at radius 1 is 1.45 bits per heavy atom. The molecule has 6 heteroatoms. The van der Waals surface area contributed by atoms with Gasteiger partial charge in [-0.2, -0.15) is 0 Å². The van der Waals surface area contributed by atoms with Crippen LogP contribution >= 0.6 is 8.25 Å². The van der Waals surface area contributed by atoms with Crippen LogP contribution in [0.2, 0.25) is 0 Å². The Morgan fingerprint density at radius 2 is 1.91 bits per heavy atom. The van der Waals surface area contributed by atoms with E-state index in [2.05, 4.69) is 4.52 Å². The summed E-state index contributed by atoms with van der Waals surface area (Å²) >= 11 is 0. The third-order valence-corrected chi connectivity index (χ3v) is 1.44. The molecule has 11 heavy (non-hydrogen) atoms. The smallest absolute Gasteiger partial charge is 0.316 e. The maximum atomic E-state index is 10.0. The van der Waals surface area contributed by atoms with E-state index in [9.17, 15) is 4.57 Å². The van der Waals surface area contributed by atoms with E-state index in [1.807, 2.05) is 21.1 Å². The van der Waals surface area contributed by atoms with Crippen molar-refractivity contribution in [1.29, 1.82) is 0 Å². The number of rotatable bonds is 4. The summed E-state index contributed by atoms with van der Waals surface area (Å²) in [5.41, 5.74) is 0.